The van der Waals surface area contributed by atoms with Gasteiger partial charge < -0.3 is 14.0 Å². The molecule has 0 unspecified atom stereocenters. The Kier molecular flexibility index (Phi) is 5.01. The second-order valence-electron chi connectivity index (χ2n) is 5.50. The molecule has 0 radical (unpaired) electrons. The SMILES string of the molecule is CCCOc1ccc(-c2nccn2C2CCOCC2)cc1Cl. The van der Waals surface area contributed by atoms with Crippen LogP contribution in [0.4, 0.5) is 0 Å². The summed E-state index contributed by atoms with van der Waals surface area (Å²) in [5.74, 6) is 1.69. The molecule has 3 rings (SSSR count). The Balaban J connectivity index is 1.85. The lowest BCUT2D eigenvalue weighted by Gasteiger charge is -2.25. The fourth-order valence-corrected chi connectivity index (χ4v) is 3.00. The highest BCUT2D eigenvalue weighted by Crippen LogP contribution is 2.32. The number of rotatable bonds is 5. The molecule has 1 fully saturated rings. The van der Waals surface area contributed by atoms with Crippen molar-refractivity contribution in [2.45, 2.75) is 32.2 Å². The van der Waals surface area contributed by atoms with E-state index in [4.69, 9.17) is 21.1 Å². The van der Waals surface area contributed by atoms with Crippen molar-refractivity contribution in [2.24, 2.45) is 0 Å². The van der Waals surface area contributed by atoms with E-state index < -0.39 is 0 Å². The fraction of sp³-hybridized carbons (Fsp3) is 0.471. The minimum absolute atomic E-state index is 0.445. The molecule has 118 valence electrons. The van der Waals surface area contributed by atoms with Gasteiger partial charge in [0.25, 0.3) is 0 Å². The molecule has 2 heterocycles. The molecule has 1 aromatic heterocycles. The summed E-state index contributed by atoms with van der Waals surface area (Å²) in [4.78, 5) is 4.52. The van der Waals surface area contributed by atoms with Crippen LogP contribution in [0.1, 0.15) is 32.2 Å². The summed E-state index contributed by atoms with van der Waals surface area (Å²) < 4.78 is 13.3. The number of aromatic nitrogens is 2. The summed E-state index contributed by atoms with van der Waals surface area (Å²) in [6.07, 6.45) is 6.90. The Labute approximate surface area is 136 Å². The lowest BCUT2D eigenvalue weighted by molar-refractivity contribution is 0.0700. The zero-order valence-electron chi connectivity index (χ0n) is 12.8. The van der Waals surface area contributed by atoms with Gasteiger partial charge in [-0.25, -0.2) is 4.98 Å². The van der Waals surface area contributed by atoms with E-state index in [9.17, 15) is 0 Å². The summed E-state index contributed by atoms with van der Waals surface area (Å²) in [6, 6.07) is 6.33. The first-order valence-electron chi connectivity index (χ1n) is 7.83. The molecule has 5 heteroatoms. The van der Waals surface area contributed by atoms with Crippen molar-refractivity contribution in [1.82, 2.24) is 9.55 Å². The highest BCUT2D eigenvalue weighted by atomic mass is 35.5. The third-order valence-corrected chi connectivity index (χ3v) is 4.20. The van der Waals surface area contributed by atoms with Crippen molar-refractivity contribution in [3.63, 3.8) is 0 Å². The zero-order chi connectivity index (χ0) is 15.4. The van der Waals surface area contributed by atoms with Crippen molar-refractivity contribution >= 4 is 11.6 Å². The first-order chi connectivity index (χ1) is 10.8. The molecule has 0 amide bonds. The topological polar surface area (TPSA) is 36.3 Å². The molecule has 1 saturated heterocycles. The van der Waals surface area contributed by atoms with E-state index in [0.29, 0.717) is 17.7 Å². The van der Waals surface area contributed by atoms with E-state index in [0.717, 1.165) is 49.6 Å². The molecule has 0 aliphatic carbocycles. The van der Waals surface area contributed by atoms with Crippen molar-refractivity contribution < 1.29 is 9.47 Å². The van der Waals surface area contributed by atoms with E-state index in [1.807, 2.05) is 30.6 Å². The summed E-state index contributed by atoms with van der Waals surface area (Å²) in [5.41, 5.74) is 1.02. The lowest BCUT2D eigenvalue weighted by atomic mass is 10.1. The van der Waals surface area contributed by atoms with Crippen molar-refractivity contribution in [3.8, 4) is 17.1 Å². The average Bonchev–Trinajstić information content (AvgIpc) is 3.04. The molecule has 0 spiro atoms. The second-order valence-corrected chi connectivity index (χ2v) is 5.90. The predicted molar refractivity (Wildman–Crippen MR) is 87.5 cm³/mol. The van der Waals surface area contributed by atoms with E-state index in [2.05, 4.69) is 16.5 Å². The van der Waals surface area contributed by atoms with Gasteiger partial charge in [0.05, 0.1) is 11.6 Å². The molecular weight excluding hydrogens is 300 g/mol. The normalized spacial score (nSPS) is 15.9. The molecule has 1 aromatic carbocycles. The summed E-state index contributed by atoms with van der Waals surface area (Å²) in [6.45, 7) is 4.38. The van der Waals surface area contributed by atoms with Gasteiger partial charge in [0, 0.05) is 37.2 Å². The standard InChI is InChI=1S/C17H21ClN2O2/c1-2-9-22-16-4-3-13(12-15(16)18)17-19-7-8-20(17)14-5-10-21-11-6-14/h3-4,7-8,12,14H,2,5-6,9-11H2,1H3. The maximum atomic E-state index is 6.34. The highest BCUT2D eigenvalue weighted by molar-refractivity contribution is 6.32. The van der Waals surface area contributed by atoms with Crippen molar-refractivity contribution in [3.05, 3.63) is 35.6 Å². The van der Waals surface area contributed by atoms with Crippen LogP contribution in [0.25, 0.3) is 11.4 Å². The van der Waals surface area contributed by atoms with Crippen LogP contribution in [0.3, 0.4) is 0 Å². The first kappa shape index (κ1) is 15.4. The van der Waals surface area contributed by atoms with Crippen LogP contribution < -0.4 is 4.74 Å². The Morgan fingerprint density at radius 2 is 2.18 bits per heavy atom. The number of hydrogen-bond donors (Lipinski definition) is 0. The summed E-state index contributed by atoms with van der Waals surface area (Å²) in [5, 5.41) is 0.632. The maximum Gasteiger partial charge on any atom is 0.140 e. The van der Waals surface area contributed by atoms with E-state index in [1.165, 1.54) is 0 Å². The molecule has 1 aliphatic rings. The number of nitrogens with zero attached hydrogens (tertiary/aromatic N) is 2. The monoisotopic (exact) mass is 320 g/mol. The smallest absolute Gasteiger partial charge is 0.140 e. The molecule has 4 nitrogen and oxygen atoms in total. The maximum absolute atomic E-state index is 6.34. The number of imidazole rings is 1. The quantitative estimate of drug-likeness (QED) is 0.822. The molecule has 0 saturated carbocycles. The van der Waals surface area contributed by atoms with Gasteiger partial charge in [-0.2, -0.15) is 0 Å². The van der Waals surface area contributed by atoms with Crippen LogP contribution in [0.2, 0.25) is 5.02 Å². The minimum Gasteiger partial charge on any atom is -0.492 e. The number of halogens is 1. The molecule has 1 aliphatic heterocycles. The summed E-state index contributed by atoms with van der Waals surface area (Å²) >= 11 is 6.34. The van der Waals surface area contributed by atoms with Crippen LogP contribution >= 0.6 is 11.6 Å². The van der Waals surface area contributed by atoms with E-state index in [1.54, 1.807) is 0 Å². The highest BCUT2D eigenvalue weighted by Gasteiger charge is 2.19. The molecular formula is C17H21ClN2O2. The number of benzene rings is 1. The van der Waals surface area contributed by atoms with Crippen molar-refractivity contribution in [2.75, 3.05) is 19.8 Å². The van der Waals surface area contributed by atoms with Crippen molar-refractivity contribution in [1.29, 1.82) is 0 Å². The Bertz CT molecular complexity index is 621. The van der Waals surface area contributed by atoms with Crippen LogP contribution in [0, 0.1) is 0 Å². The molecule has 2 aromatic rings. The third kappa shape index (κ3) is 3.28. The second kappa shape index (κ2) is 7.16. The van der Waals surface area contributed by atoms with Crippen LogP contribution in [-0.4, -0.2) is 29.4 Å². The fourth-order valence-electron chi connectivity index (χ4n) is 2.76. The molecule has 22 heavy (non-hydrogen) atoms. The van der Waals surface area contributed by atoms with Gasteiger partial charge in [-0.3, -0.25) is 0 Å². The van der Waals surface area contributed by atoms with Gasteiger partial charge in [0.1, 0.15) is 11.6 Å². The Hall–Kier alpha value is -1.52. The van der Waals surface area contributed by atoms with E-state index in [-0.39, 0.29) is 0 Å². The summed E-state index contributed by atoms with van der Waals surface area (Å²) in [7, 11) is 0. The lowest BCUT2D eigenvalue weighted by Crippen LogP contribution is -2.19. The third-order valence-electron chi connectivity index (χ3n) is 3.90. The molecule has 0 N–H and O–H groups in total. The van der Waals surface area contributed by atoms with Crippen LogP contribution in [0.5, 0.6) is 5.75 Å². The van der Waals surface area contributed by atoms with E-state index >= 15 is 0 Å². The van der Waals surface area contributed by atoms with Gasteiger partial charge in [-0.1, -0.05) is 18.5 Å². The molecule has 0 bridgehead atoms. The van der Waals surface area contributed by atoms with Gasteiger partial charge in [-0.15, -0.1) is 0 Å². The average molecular weight is 321 g/mol. The van der Waals surface area contributed by atoms with Crippen LogP contribution in [-0.2, 0) is 4.74 Å². The molecule has 0 atom stereocenters. The van der Waals surface area contributed by atoms with Crippen LogP contribution in [0.15, 0.2) is 30.6 Å². The van der Waals surface area contributed by atoms with Gasteiger partial charge in [-0.05, 0) is 37.5 Å². The van der Waals surface area contributed by atoms with Gasteiger partial charge in [0.2, 0.25) is 0 Å². The number of hydrogen-bond acceptors (Lipinski definition) is 3. The minimum atomic E-state index is 0.445. The largest absolute Gasteiger partial charge is 0.492 e. The predicted octanol–water partition coefficient (Wildman–Crippen LogP) is 4.34. The Morgan fingerprint density at radius 1 is 1.36 bits per heavy atom. The van der Waals surface area contributed by atoms with Gasteiger partial charge >= 0.3 is 0 Å². The number of ether oxygens (including phenoxy) is 2. The Morgan fingerprint density at radius 3 is 2.91 bits per heavy atom. The zero-order valence-corrected chi connectivity index (χ0v) is 13.6. The van der Waals surface area contributed by atoms with Gasteiger partial charge in [0.15, 0.2) is 0 Å². The first-order valence-corrected chi connectivity index (χ1v) is 8.20.